The number of para-hydroxylation sites is 1. The van der Waals surface area contributed by atoms with E-state index in [0.29, 0.717) is 5.52 Å². The van der Waals surface area contributed by atoms with Crippen LogP contribution in [0.25, 0.3) is 10.9 Å². The van der Waals surface area contributed by atoms with E-state index in [1.54, 1.807) is 43.3 Å². The number of ether oxygens (including phenoxy) is 1. The molecule has 0 atom stereocenters. The van der Waals surface area contributed by atoms with E-state index in [4.69, 9.17) is 4.74 Å². The van der Waals surface area contributed by atoms with Crippen LogP contribution in [0.3, 0.4) is 0 Å². The maximum Gasteiger partial charge on any atom is 0.321 e. The van der Waals surface area contributed by atoms with Crippen LogP contribution < -0.4 is 4.72 Å². The van der Waals surface area contributed by atoms with E-state index in [1.807, 2.05) is 0 Å². The molecule has 0 spiro atoms. The molecule has 0 amide bonds. The van der Waals surface area contributed by atoms with Crippen LogP contribution in [0.1, 0.15) is 6.92 Å². The molecule has 10 heteroatoms. The Morgan fingerprint density at radius 1 is 1.00 bits per heavy atom. The van der Waals surface area contributed by atoms with Gasteiger partial charge >= 0.3 is 5.97 Å². The normalized spacial score (nSPS) is 12.2. The van der Waals surface area contributed by atoms with Gasteiger partial charge in [0, 0.05) is 10.9 Å². The highest BCUT2D eigenvalue weighted by Crippen LogP contribution is 2.33. The molecule has 0 unspecified atom stereocenters. The predicted octanol–water partition coefficient (Wildman–Crippen LogP) is 1.84. The van der Waals surface area contributed by atoms with Crippen molar-refractivity contribution in [1.82, 2.24) is 9.71 Å². The number of aromatic amines is 1. The minimum atomic E-state index is -4.34. The summed E-state index contributed by atoms with van der Waals surface area (Å²) in [5, 5.41) is -0.287. The first kappa shape index (κ1) is 20.1. The second-order valence-corrected chi connectivity index (χ2v) is 9.37. The first-order chi connectivity index (χ1) is 13.3. The molecule has 0 aliphatic rings. The molecule has 28 heavy (non-hydrogen) atoms. The van der Waals surface area contributed by atoms with E-state index in [1.165, 1.54) is 18.2 Å². The van der Waals surface area contributed by atoms with Crippen molar-refractivity contribution in [3.8, 4) is 0 Å². The van der Waals surface area contributed by atoms with Gasteiger partial charge in [-0.1, -0.05) is 36.4 Å². The fourth-order valence-corrected chi connectivity index (χ4v) is 5.93. The molecular formula is C18H18N2O6S2. The summed E-state index contributed by atoms with van der Waals surface area (Å²) in [6.07, 6.45) is 0. The maximum absolute atomic E-state index is 13.2. The Morgan fingerprint density at radius 3 is 2.32 bits per heavy atom. The van der Waals surface area contributed by atoms with Gasteiger partial charge in [0.05, 0.1) is 11.5 Å². The number of hydrogen-bond donors (Lipinski definition) is 2. The lowest BCUT2D eigenvalue weighted by atomic mass is 10.2. The Kier molecular flexibility index (Phi) is 5.54. The number of aromatic nitrogens is 1. The highest BCUT2D eigenvalue weighted by Gasteiger charge is 2.32. The summed E-state index contributed by atoms with van der Waals surface area (Å²) in [4.78, 5) is 13.8. The first-order valence-electron chi connectivity index (χ1n) is 8.33. The summed E-state index contributed by atoms with van der Waals surface area (Å²) in [6.45, 7) is 1.07. The fourth-order valence-electron chi connectivity index (χ4n) is 2.70. The standard InChI is InChI=1S/C18H18N2O6S2/c1-2-26-16(21)12-19-28(24,25)18-17(14-10-6-7-11-15(14)20-18)27(22,23)13-8-4-3-5-9-13/h3-11,19-20H,2,12H2,1H3. The third-order valence-electron chi connectivity index (χ3n) is 3.93. The Labute approximate surface area is 162 Å². The zero-order chi connectivity index (χ0) is 20.4. The summed E-state index contributed by atoms with van der Waals surface area (Å²) in [5.74, 6) is -0.769. The van der Waals surface area contributed by atoms with E-state index >= 15 is 0 Å². The van der Waals surface area contributed by atoms with Gasteiger partial charge in [0.1, 0.15) is 11.4 Å². The van der Waals surface area contributed by atoms with Crippen LogP contribution in [-0.4, -0.2) is 40.9 Å². The summed E-state index contributed by atoms with van der Waals surface area (Å²) < 4.78 is 58.8. The van der Waals surface area contributed by atoms with Crippen LogP contribution in [-0.2, 0) is 29.4 Å². The number of sulfone groups is 1. The zero-order valence-corrected chi connectivity index (χ0v) is 16.5. The van der Waals surface area contributed by atoms with E-state index in [2.05, 4.69) is 9.71 Å². The third-order valence-corrected chi connectivity index (χ3v) is 7.28. The molecule has 148 valence electrons. The zero-order valence-electron chi connectivity index (χ0n) is 14.9. The largest absolute Gasteiger partial charge is 0.465 e. The van der Waals surface area contributed by atoms with Crippen LogP contribution >= 0.6 is 0 Å². The lowest BCUT2D eigenvalue weighted by molar-refractivity contribution is -0.141. The summed E-state index contributed by atoms with van der Waals surface area (Å²) in [5.41, 5.74) is 0.341. The SMILES string of the molecule is CCOC(=O)CNS(=O)(=O)c1[nH]c2ccccc2c1S(=O)(=O)c1ccccc1. The Morgan fingerprint density at radius 2 is 1.64 bits per heavy atom. The molecule has 0 fully saturated rings. The summed E-state index contributed by atoms with van der Waals surface area (Å²) in [7, 11) is -8.49. The number of rotatable bonds is 7. The highest BCUT2D eigenvalue weighted by atomic mass is 32.2. The summed E-state index contributed by atoms with van der Waals surface area (Å²) >= 11 is 0. The second-order valence-electron chi connectivity index (χ2n) is 5.77. The number of fused-ring (bicyclic) bond motifs is 1. The first-order valence-corrected chi connectivity index (χ1v) is 11.3. The molecule has 0 radical (unpaired) electrons. The van der Waals surface area contributed by atoms with Gasteiger partial charge in [0.2, 0.25) is 9.84 Å². The van der Waals surface area contributed by atoms with Crippen molar-refractivity contribution in [3.63, 3.8) is 0 Å². The van der Waals surface area contributed by atoms with E-state index in [9.17, 15) is 21.6 Å². The molecule has 2 N–H and O–H groups in total. The van der Waals surface area contributed by atoms with Crippen molar-refractivity contribution in [3.05, 3.63) is 54.6 Å². The molecular weight excluding hydrogens is 404 g/mol. The molecule has 0 aliphatic heterocycles. The maximum atomic E-state index is 13.2. The van der Waals surface area contributed by atoms with Gasteiger partial charge in [-0.3, -0.25) is 4.79 Å². The van der Waals surface area contributed by atoms with Gasteiger partial charge in [-0.25, -0.2) is 16.8 Å². The van der Waals surface area contributed by atoms with Crippen LogP contribution in [0.5, 0.6) is 0 Å². The van der Waals surface area contributed by atoms with Crippen molar-refractivity contribution >= 4 is 36.7 Å². The molecule has 0 aliphatic carbocycles. The number of H-pyrrole nitrogens is 1. The van der Waals surface area contributed by atoms with Crippen molar-refractivity contribution < 1.29 is 26.4 Å². The molecule has 0 saturated carbocycles. The lowest BCUT2D eigenvalue weighted by Gasteiger charge is -2.09. The van der Waals surface area contributed by atoms with Crippen molar-refractivity contribution in [2.24, 2.45) is 0 Å². The Balaban J connectivity index is 2.17. The van der Waals surface area contributed by atoms with Crippen LogP contribution in [0, 0.1) is 0 Å². The van der Waals surface area contributed by atoms with Crippen LogP contribution in [0.2, 0.25) is 0 Å². The van der Waals surface area contributed by atoms with E-state index in [-0.39, 0.29) is 21.8 Å². The highest BCUT2D eigenvalue weighted by molar-refractivity contribution is 7.94. The number of nitrogens with one attached hydrogen (secondary N) is 2. The number of esters is 1. The number of benzene rings is 2. The molecule has 0 saturated heterocycles. The number of carbonyl (C=O) groups excluding carboxylic acids is 1. The molecule has 2 aromatic carbocycles. The molecule has 3 rings (SSSR count). The minimum Gasteiger partial charge on any atom is -0.465 e. The summed E-state index contributed by atoms with van der Waals surface area (Å²) in [6, 6.07) is 13.9. The number of carbonyl (C=O) groups is 1. The molecule has 1 heterocycles. The third kappa shape index (κ3) is 3.79. The van der Waals surface area contributed by atoms with E-state index < -0.39 is 37.4 Å². The quantitative estimate of drug-likeness (QED) is 0.560. The molecule has 1 aromatic heterocycles. The number of hydrogen-bond acceptors (Lipinski definition) is 6. The van der Waals surface area contributed by atoms with Crippen LogP contribution in [0.15, 0.2) is 69.4 Å². The molecule has 8 nitrogen and oxygen atoms in total. The predicted molar refractivity (Wildman–Crippen MR) is 102 cm³/mol. The van der Waals surface area contributed by atoms with Gasteiger partial charge < -0.3 is 9.72 Å². The van der Waals surface area contributed by atoms with Gasteiger partial charge in [-0.05, 0) is 25.1 Å². The number of sulfonamides is 1. The van der Waals surface area contributed by atoms with Gasteiger partial charge in [0.15, 0.2) is 5.03 Å². The topological polar surface area (TPSA) is 122 Å². The van der Waals surface area contributed by atoms with Gasteiger partial charge in [-0.2, -0.15) is 4.72 Å². The van der Waals surface area contributed by atoms with E-state index in [0.717, 1.165) is 0 Å². The Hall–Kier alpha value is -2.69. The van der Waals surface area contributed by atoms with Crippen molar-refractivity contribution in [2.45, 2.75) is 21.7 Å². The van der Waals surface area contributed by atoms with Crippen molar-refractivity contribution in [2.75, 3.05) is 13.2 Å². The Bertz CT molecular complexity index is 1220. The van der Waals surface area contributed by atoms with Crippen LogP contribution in [0.4, 0.5) is 0 Å². The minimum absolute atomic E-state index is 0.0402. The second kappa shape index (κ2) is 7.74. The monoisotopic (exact) mass is 422 g/mol. The fraction of sp³-hybridized carbons (Fsp3) is 0.167. The van der Waals surface area contributed by atoms with Gasteiger partial charge in [0.25, 0.3) is 10.0 Å². The average Bonchev–Trinajstić information content (AvgIpc) is 3.09. The van der Waals surface area contributed by atoms with Crippen molar-refractivity contribution in [1.29, 1.82) is 0 Å². The average molecular weight is 422 g/mol. The molecule has 0 bridgehead atoms. The van der Waals surface area contributed by atoms with Gasteiger partial charge in [-0.15, -0.1) is 0 Å². The smallest absolute Gasteiger partial charge is 0.321 e. The molecule has 3 aromatic rings. The lowest BCUT2D eigenvalue weighted by Crippen LogP contribution is -2.31.